The van der Waals surface area contributed by atoms with E-state index in [0.717, 1.165) is 5.56 Å². The van der Waals surface area contributed by atoms with E-state index in [2.05, 4.69) is 0 Å². The minimum absolute atomic E-state index is 0.0238. The number of nitrogens with zero attached hydrogens (tertiary/aromatic N) is 1. The zero-order chi connectivity index (χ0) is 9.84. The zero-order valence-electron chi connectivity index (χ0n) is 7.75. The van der Waals surface area contributed by atoms with E-state index < -0.39 is 0 Å². The monoisotopic (exact) mass is 181 g/mol. The number of hydrogen-bond donors (Lipinski definition) is 0. The summed E-state index contributed by atoms with van der Waals surface area (Å²) in [5.41, 5.74) is 0.803. The van der Waals surface area contributed by atoms with Crippen LogP contribution in [0.15, 0.2) is 24.3 Å². The minimum Gasteiger partial charge on any atom is -0.342 e. The van der Waals surface area contributed by atoms with Crippen LogP contribution in [-0.4, -0.2) is 17.9 Å². The summed E-state index contributed by atoms with van der Waals surface area (Å²) in [7, 11) is 1.69. The summed E-state index contributed by atoms with van der Waals surface area (Å²) in [5.74, 6) is -0.293. The minimum atomic E-state index is -0.269. The summed E-state index contributed by atoms with van der Waals surface area (Å²) in [4.78, 5) is 12.4. The Kier molecular flexibility index (Phi) is 3.01. The molecule has 0 aromatic heterocycles. The van der Waals surface area contributed by atoms with E-state index in [-0.39, 0.29) is 11.7 Å². The lowest BCUT2D eigenvalue weighted by Gasteiger charge is -2.14. The van der Waals surface area contributed by atoms with Gasteiger partial charge in [0.1, 0.15) is 5.82 Å². The summed E-state index contributed by atoms with van der Waals surface area (Å²) in [5, 5.41) is 0. The molecule has 0 saturated carbocycles. The Hall–Kier alpha value is -1.38. The van der Waals surface area contributed by atoms with E-state index in [0.29, 0.717) is 6.54 Å². The fraction of sp³-hybridized carbons (Fsp3) is 0.300. The lowest BCUT2D eigenvalue weighted by Crippen LogP contribution is -2.22. The number of amides is 1. The molecular formula is C10H12FNO. The van der Waals surface area contributed by atoms with Crippen molar-refractivity contribution in [2.45, 2.75) is 13.5 Å². The molecule has 70 valence electrons. The van der Waals surface area contributed by atoms with Crippen LogP contribution in [0.4, 0.5) is 4.39 Å². The fourth-order valence-corrected chi connectivity index (χ4v) is 1.02. The van der Waals surface area contributed by atoms with Crippen molar-refractivity contribution in [3.63, 3.8) is 0 Å². The molecule has 1 aromatic rings. The second kappa shape index (κ2) is 4.03. The Morgan fingerprint density at radius 2 is 2.23 bits per heavy atom. The maximum absolute atomic E-state index is 12.7. The molecule has 0 bridgehead atoms. The second-order valence-corrected chi connectivity index (χ2v) is 3.01. The molecule has 1 rings (SSSR count). The van der Waals surface area contributed by atoms with Crippen LogP contribution >= 0.6 is 0 Å². The smallest absolute Gasteiger partial charge is 0.219 e. The van der Waals surface area contributed by atoms with Gasteiger partial charge in [0.25, 0.3) is 0 Å². The van der Waals surface area contributed by atoms with Gasteiger partial charge in [-0.05, 0) is 17.7 Å². The second-order valence-electron chi connectivity index (χ2n) is 3.01. The van der Waals surface area contributed by atoms with Gasteiger partial charge in [0.2, 0.25) is 5.91 Å². The Labute approximate surface area is 77.0 Å². The maximum Gasteiger partial charge on any atom is 0.219 e. The molecule has 13 heavy (non-hydrogen) atoms. The number of carbonyl (C=O) groups is 1. The molecule has 0 radical (unpaired) electrons. The van der Waals surface area contributed by atoms with E-state index in [9.17, 15) is 9.18 Å². The Balaban J connectivity index is 2.69. The first-order chi connectivity index (χ1) is 6.09. The fourth-order valence-electron chi connectivity index (χ4n) is 1.02. The van der Waals surface area contributed by atoms with Crippen LogP contribution in [0.5, 0.6) is 0 Å². The molecule has 0 atom stereocenters. The summed E-state index contributed by atoms with van der Waals surface area (Å²) in [6.45, 7) is 1.94. The SMILES string of the molecule is CC(=O)N(C)Cc1cccc(F)c1. The molecule has 0 aliphatic rings. The van der Waals surface area contributed by atoms with Gasteiger partial charge in [-0.3, -0.25) is 4.79 Å². The van der Waals surface area contributed by atoms with Crippen LogP contribution in [0.25, 0.3) is 0 Å². The van der Waals surface area contributed by atoms with Crippen molar-refractivity contribution in [2.75, 3.05) is 7.05 Å². The van der Waals surface area contributed by atoms with Crippen molar-refractivity contribution in [2.24, 2.45) is 0 Å². The summed E-state index contributed by atoms with van der Waals surface area (Å²) >= 11 is 0. The molecule has 0 aliphatic heterocycles. The highest BCUT2D eigenvalue weighted by atomic mass is 19.1. The van der Waals surface area contributed by atoms with Gasteiger partial charge < -0.3 is 4.90 Å². The molecule has 1 aromatic carbocycles. The quantitative estimate of drug-likeness (QED) is 0.681. The van der Waals surface area contributed by atoms with Gasteiger partial charge in [-0.2, -0.15) is 0 Å². The van der Waals surface area contributed by atoms with Crippen LogP contribution in [0.2, 0.25) is 0 Å². The summed E-state index contributed by atoms with van der Waals surface area (Å²) in [6.07, 6.45) is 0. The Morgan fingerprint density at radius 3 is 2.77 bits per heavy atom. The van der Waals surface area contributed by atoms with Gasteiger partial charge in [-0.25, -0.2) is 4.39 Å². The van der Waals surface area contributed by atoms with Gasteiger partial charge >= 0.3 is 0 Å². The predicted molar refractivity (Wildman–Crippen MR) is 48.5 cm³/mol. The van der Waals surface area contributed by atoms with Crippen molar-refractivity contribution >= 4 is 5.91 Å². The number of halogens is 1. The molecule has 0 heterocycles. The van der Waals surface area contributed by atoms with E-state index in [1.807, 2.05) is 0 Å². The average Bonchev–Trinajstić information content (AvgIpc) is 2.04. The van der Waals surface area contributed by atoms with Crippen molar-refractivity contribution in [1.29, 1.82) is 0 Å². The standard InChI is InChI=1S/C10H12FNO/c1-8(13)12(2)7-9-4-3-5-10(11)6-9/h3-6H,7H2,1-2H3. The third kappa shape index (κ3) is 2.86. The van der Waals surface area contributed by atoms with E-state index in [1.54, 1.807) is 19.2 Å². The molecule has 2 nitrogen and oxygen atoms in total. The van der Waals surface area contributed by atoms with Crippen LogP contribution < -0.4 is 0 Å². The highest BCUT2D eigenvalue weighted by Crippen LogP contribution is 2.05. The maximum atomic E-state index is 12.7. The normalized spacial score (nSPS) is 9.77. The largest absolute Gasteiger partial charge is 0.342 e. The lowest BCUT2D eigenvalue weighted by molar-refractivity contribution is -0.128. The summed E-state index contributed by atoms with van der Waals surface area (Å²) in [6, 6.07) is 6.25. The number of carbonyl (C=O) groups excluding carboxylic acids is 1. The molecule has 0 aliphatic carbocycles. The van der Waals surface area contributed by atoms with E-state index in [4.69, 9.17) is 0 Å². The van der Waals surface area contributed by atoms with Crippen molar-refractivity contribution in [1.82, 2.24) is 4.90 Å². The Morgan fingerprint density at radius 1 is 1.54 bits per heavy atom. The van der Waals surface area contributed by atoms with Crippen molar-refractivity contribution in [3.8, 4) is 0 Å². The molecule has 0 fully saturated rings. The third-order valence-corrected chi connectivity index (χ3v) is 1.85. The van der Waals surface area contributed by atoms with Crippen LogP contribution in [-0.2, 0) is 11.3 Å². The van der Waals surface area contributed by atoms with E-state index in [1.165, 1.54) is 24.0 Å². The highest BCUT2D eigenvalue weighted by Gasteiger charge is 2.03. The topological polar surface area (TPSA) is 20.3 Å². The Bertz CT molecular complexity index is 312. The third-order valence-electron chi connectivity index (χ3n) is 1.85. The van der Waals surface area contributed by atoms with Gasteiger partial charge in [-0.15, -0.1) is 0 Å². The highest BCUT2D eigenvalue weighted by molar-refractivity contribution is 5.72. The van der Waals surface area contributed by atoms with E-state index >= 15 is 0 Å². The first-order valence-electron chi connectivity index (χ1n) is 4.06. The molecule has 0 N–H and O–H groups in total. The zero-order valence-corrected chi connectivity index (χ0v) is 7.75. The number of rotatable bonds is 2. The molecule has 3 heteroatoms. The van der Waals surface area contributed by atoms with Gasteiger partial charge in [0, 0.05) is 20.5 Å². The number of hydrogen-bond acceptors (Lipinski definition) is 1. The summed E-state index contributed by atoms with van der Waals surface area (Å²) < 4.78 is 12.7. The first kappa shape index (κ1) is 9.71. The van der Waals surface area contributed by atoms with Gasteiger partial charge in [-0.1, -0.05) is 12.1 Å². The van der Waals surface area contributed by atoms with Crippen molar-refractivity contribution in [3.05, 3.63) is 35.6 Å². The van der Waals surface area contributed by atoms with Crippen LogP contribution in [0.3, 0.4) is 0 Å². The molecule has 0 saturated heterocycles. The average molecular weight is 181 g/mol. The van der Waals surface area contributed by atoms with Crippen LogP contribution in [0, 0.1) is 5.82 Å². The predicted octanol–water partition coefficient (Wildman–Crippen LogP) is 1.80. The molecule has 1 amide bonds. The van der Waals surface area contributed by atoms with Gasteiger partial charge in [0.15, 0.2) is 0 Å². The van der Waals surface area contributed by atoms with Gasteiger partial charge in [0.05, 0.1) is 0 Å². The first-order valence-corrected chi connectivity index (χ1v) is 4.06. The number of benzene rings is 1. The molecule has 0 spiro atoms. The van der Waals surface area contributed by atoms with Crippen LogP contribution in [0.1, 0.15) is 12.5 Å². The van der Waals surface area contributed by atoms with Crippen molar-refractivity contribution < 1.29 is 9.18 Å². The molecule has 0 unspecified atom stereocenters. The lowest BCUT2D eigenvalue weighted by atomic mass is 10.2. The molecular weight excluding hydrogens is 169 g/mol.